The van der Waals surface area contributed by atoms with Crippen LogP contribution < -0.4 is 5.32 Å². The fraction of sp³-hybridized carbons (Fsp3) is 0.111. The number of rotatable bonds is 4. The third-order valence-electron chi connectivity index (χ3n) is 3.31. The van der Waals surface area contributed by atoms with E-state index in [9.17, 15) is 0 Å². The van der Waals surface area contributed by atoms with E-state index in [0.29, 0.717) is 0 Å². The van der Waals surface area contributed by atoms with Crippen molar-refractivity contribution in [2.75, 3.05) is 11.9 Å². The molecule has 0 aliphatic heterocycles. The van der Waals surface area contributed by atoms with E-state index in [1.807, 2.05) is 37.3 Å². The lowest BCUT2D eigenvalue weighted by Gasteiger charge is -2.05. The van der Waals surface area contributed by atoms with Crippen LogP contribution in [0.3, 0.4) is 0 Å². The van der Waals surface area contributed by atoms with E-state index in [1.54, 1.807) is 0 Å². The first kappa shape index (κ1) is 13.3. The van der Waals surface area contributed by atoms with E-state index in [1.165, 1.54) is 11.1 Å². The average Bonchev–Trinajstić information content (AvgIpc) is 2.57. The van der Waals surface area contributed by atoms with E-state index in [-0.39, 0.29) is 0 Å². The predicted octanol–water partition coefficient (Wildman–Crippen LogP) is 4.24. The van der Waals surface area contributed by atoms with Crippen LogP contribution >= 0.6 is 0 Å². The third kappa shape index (κ3) is 3.08. The molecule has 3 aromatic rings. The molecule has 0 atom stereocenters. The van der Waals surface area contributed by atoms with Crippen LogP contribution in [-0.2, 0) is 0 Å². The van der Waals surface area contributed by atoms with Crippen LogP contribution in [0.4, 0.5) is 5.82 Å². The summed E-state index contributed by atoms with van der Waals surface area (Å²) in [5.74, 6) is 0.808. The summed E-state index contributed by atoms with van der Waals surface area (Å²) in [4.78, 5) is 0. The van der Waals surface area contributed by atoms with Crippen molar-refractivity contribution in [2.24, 2.45) is 0 Å². The summed E-state index contributed by atoms with van der Waals surface area (Å²) in [5.41, 5.74) is 4.38. The molecule has 104 valence electrons. The van der Waals surface area contributed by atoms with Gasteiger partial charge in [0, 0.05) is 12.1 Å². The van der Waals surface area contributed by atoms with Crippen molar-refractivity contribution in [1.29, 1.82) is 0 Å². The molecule has 2 aromatic carbocycles. The third-order valence-corrected chi connectivity index (χ3v) is 3.31. The number of hydrogen-bond acceptors (Lipinski definition) is 3. The highest BCUT2D eigenvalue weighted by molar-refractivity contribution is 5.68. The number of benzene rings is 2. The Labute approximate surface area is 124 Å². The normalized spacial score (nSPS) is 10.3. The molecule has 3 rings (SSSR count). The minimum atomic E-state index is 0.808. The second-order valence-electron chi connectivity index (χ2n) is 4.78. The van der Waals surface area contributed by atoms with Gasteiger partial charge >= 0.3 is 0 Å². The Bertz CT molecular complexity index is 689. The van der Waals surface area contributed by atoms with E-state index in [2.05, 4.69) is 51.9 Å². The lowest BCUT2D eigenvalue weighted by atomic mass is 10.0. The zero-order valence-electron chi connectivity index (χ0n) is 12.0. The zero-order valence-corrected chi connectivity index (χ0v) is 12.0. The van der Waals surface area contributed by atoms with Crippen molar-refractivity contribution in [2.45, 2.75) is 6.92 Å². The summed E-state index contributed by atoms with van der Waals surface area (Å²) in [6, 6.07) is 22.7. The summed E-state index contributed by atoms with van der Waals surface area (Å²) >= 11 is 0. The Balaban J connectivity index is 1.84. The summed E-state index contributed by atoms with van der Waals surface area (Å²) in [6.07, 6.45) is 0. The van der Waals surface area contributed by atoms with Crippen LogP contribution in [-0.4, -0.2) is 16.7 Å². The van der Waals surface area contributed by atoms with E-state index < -0.39 is 0 Å². The first-order chi connectivity index (χ1) is 10.4. The Morgan fingerprint density at radius 2 is 1.38 bits per heavy atom. The maximum Gasteiger partial charge on any atom is 0.148 e. The Morgan fingerprint density at radius 3 is 2.00 bits per heavy atom. The molecule has 0 saturated carbocycles. The molecule has 3 nitrogen and oxygen atoms in total. The molecule has 0 aliphatic rings. The van der Waals surface area contributed by atoms with Gasteiger partial charge in [0.15, 0.2) is 0 Å². The Kier molecular flexibility index (Phi) is 3.92. The minimum Gasteiger partial charge on any atom is -0.369 e. The van der Waals surface area contributed by atoms with Crippen LogP contribution in [0.15, 0.2) is 66.7 Å². The van der Waals surface area contributed by atoms with E-state index in [0.717, 1.165) is 23.6 Å². The molecule has 1 heterocycles. The maximum atomic E-state index is 4.26. The standard InChI is InChI=1S/C18H17N3/c1-2-19-18-13-12-17(20-21-18)16-10-8-15(9-11-16)14-6-4-3-5-7-14/h3-13H,2H2,1H3,(H,19,21). The Hall–Kier alpha value is -2.68. The highest BCUT2D eigenvalue weighted by atomic mass is 15.2. The van der Waals surface area contributed by atoms with Gasteiger partial charge in [0.05, 0.1) is 5.69 Å². The minimum absolute atomic E-state index is 0.808. The SMILES string of the molecule is CCNc1ccc(-c2ccc(-c3ccccc3)cc2)nn1. The van der Waals surface area contributed by atoms with Gasteiger partial charge < -0.3 is 5.32 Å². The largest absolute Gasteiger partial charge is 0.369 e. The molecule has 21 heavy (non-hydrogen) atoms. The van der Waals surface area contributed by atoms with Crippen LogP contribution in [0.5, 0.6) is 0 Å². The highest BCUT2D eigenvalue weighted by Crippen LogP contribution is 2.23. The topological polar surface area (TPSA) is 37.8 Å². The lowest BCUT2D eigenvalue weighted by molar-refractivity contribution is 1.02. The number of aromatic nitrogens is 2. The predicted molar refractivity (Wildman–Crippen MR) is 87.1 cm³/mol. The second kappa shape index (κ2) is 6.18. The average molecular weight is 275 g/mol. The van der Waals surface area contributed by atoms with Crippen molar-refractivity contribution in [3.63, 3.8) is 0 Å². The maximum absolute atomic E-state index is 4.26. The van der Waals surface area contributed by atoms with Crippen LogP contribution in [0, 0.1) is 0 Å². The van der Waals surface area contributed by atoms with Crippen molar-refractivity contribution in [3.05, 3.63) is 66.7 Å². The first-order valence-corrected chi connectivity index (χ1v) is 7.10. The van der Waals surface area contributed by atoms with E-state index in [4.69, 9.17) is 0 Å². The van der Waals surface area contributed by atoms with Gasteiger partial charge in [-0.25, -0.2) is 0 Å². The van der Waals surface area contributed by atoms with Gasteiger partial charge in [-0.2, -0.15) is 0 Å². The molecule has 0 radical (unpaired) electrons. The van der Waals surface area contributed by atoms with Gasteiger partial charge in [0.2, 0.25) is 0 Å². The van der Waals surface area contributed by atoms with Crippen LogP contribution in [0.25, 0.3) is 22.4 Å². The number of nitrogens with zero attached hydrogens (tertiary/aromatic N) is 2. The monoisotopic (exact) mass is 275 g/mol. The zero-order chi connectivity index (χ0) is 14.5. The van der Waals surface area contributed by atoms with Gasteiger partial charge in [0.25, 0.3) is 0 Å². The molecule has 0 bridgehead atoms. The smallest absolute Gasteiger partial charge is 0.148 e. The summed E-state index contributed by atoms with van der Waals surface area (Å²) < 4.78 is 0. The summed E-state index contributed by atoms with van der Waals surface area (Å²) in [6.45, 7) is 2.89. The molecule has 0 spiro atoms. The first-order valence-electron chi connectivity index (χ1n) is 7.10. The number of anilines is 1. The fourth-order valence-corrected chi connectivity index (χ4v) is 2.23. The molecule has 3 heteroatoms. The number of hydrogen-bond donors (Lipinski definition) is 1. The molecule has 0 fully saturated rings. The second-order valence-corrected chi connectivity index (χ2v) is 4.78. The molecular weight excluding hydrogens is 258 g/mol. The quantitative estimate of drug-likeness (QED) is 0.773. The molecular formula is C18H17N3. The molecule has 0 amide bonds. The van der Waals surface area contributed by atoms with Gasteiger partial charge in [-0.15, -0.1) is 10.2 Å². The van der Waals surface area contributed by atoms with Crippen molar-refractivity contribution in [3.8, 4) is 22.4 Å². The van der Waals surface area contributed by atoms with E-state index >= 15 is 0 Å². The fourth-order valence-electron chi connectivity index (χ4n) is 2.23. The summed E-state index contributed by atoms with van der Waals surface area (Å²) in [7, 11) is 0. The summed E-state index contributed by atoms with van der Waals surface area (Å²) in [5, 5.41) is 11.6. The highest BCUT2D eigenvalue weighted by Gasteiger charge is 2.02. The molecule has 0 aliphatic carbocycles. The van der Waals surface area contributed by atoms with Crippen molar-refractivity contribution in [1.82, 2.24) is 10.2 Å². The van der Waals surface area contributed by atoms with Gasteiger partial charge in [-0.1, -0.05) is 54.6 Å². The molecule has 0 unspecified atom stereocenters. The van der Waals surface area contributed by atoms with Gasteiger partial charge in [0.1, 0.15) is 5.82 Å². The molecule has 1 aromatic heterocycles. The van der Waals surface area contributed by atoms with Gasteiger partial charge in [-0.3, -0.25) is 0 Å². The van der Waals surface area contributed by atoms with Crippen molar-refractivity contribution < 1.29 is 0 Å². The van der Waals surface area contributed by atoms with Crippen LogP contribution in [0.2, 0.25) is 0 Å². The van der Waals surface area contributed by atoms with Crippen LogP contribution in [0.1, 0.15) is 6.92 Å². The Morgan fingerprint density at radius 1 is 0.714 bits per heavy atom. The van der Waals surface area contributed by atoms with Gasteiger partial charge in [-0.05, 0) is 30.2 Å². The lowest BCUT2D eigenvalue weighted by Crippen LogP contribution is -2.00. The number of nitrogens with one attached hydrogen (secondary N) is 1. The molecule has 0 saturated heterocycles. The van der Waals surface area contributed by atoms with Crippen molar-refractivity contribution >= 4 is 5.82 Å². The molecule has 1 N–H and O–H groups in total.